The molecule has 0 radical (unpaired) electrons. The number of aromatic hydroxyl groups is 1. The molecule has 3 aromatic rings. The third kappa shape index (κ3) is 4.11. The lowest BCUT2D eigenvalue weighted by atomic mass is 10.1. The van der Waals surface area contributed by atoms with E-state index in [1.807, 2.05) is 13.1 Å². The summed E-state index contributed by atoms with van der Waals surface area (Å²) in [6.07, 6.45) is -0.275. The summed E-state index contributed by atoms with van der Waals surface area (Å²) in [4.78, 5) is 5.02. The Morgan fingerprint density at radius 2 is 1.88 bits per heavy atom. The Morgan fingerprint density at radius 1 is 1.09 bits per heavy atom. The number of aryl methyl sites for hydroxylation is 1. The highest BCUT2D eigenvalue weighted by atomic mass is 19.4. The molecule has 2 aliphatic rings. The number of rotatable bonds is 4. The van der Waals surface area contributed by atoms with Gasteiger partial charge in [0.15, 0.2) is 5.88 Å². The Morgan fingerprint density at radius 3 is 2.62 bits per heavy atom. The molecule has 0 saturated carbocycles. The van der Waals surface area contributed by atoms with Crippen LogP contribution in [0.15, 0.2) is 42.6 Å². The zero-order valence-electron chi connectivity index (χ0n) is 17.9. The molecule has 2 fully saturated rings. The van der Waals surface area contributed by atoms with Crippen LogP contribution in [0.2, 0.25) is 0 Å². The minimum absolute atomic E-state index is 0.167. The molecule has 2 aromatic carbocycles. The van der Waals surface area contributed by atoms with Gasteiger partial charge in [-0.2, -0.15) is 0 Å². The molecule has 170 valence electrons. The Bertz CT molecular complexity index is 1120. The highest BCUT2D eigenvalue weighted by Gasteiger charge is 2.32. The van der Waals surface area contributed by atoms with Crippen molar-refractivity contribution in [2.24, 2.45) is 0 Å². The standard InChI is InChI=1S/C24H26F3N3O2/c1-16-11-20(29-10-9-28-8-2-3-19(28)15-29)12-18-14-30(23(31)22(16)18)13-17-4-6-21(7-5-17)32-24(25,26)27/h4-7,11-12,14,19,31H,2-3,8-10,13,15H2,1H3. The van der Waals surface area contributed by atoms with Gasteiger partial charge < -0.3 is 19.3 Å². The average molecular weight is 445 g/mol. The Hall–Kier alpha value is -2.87. The van der Waals surface area contributed by atoms with Crippen LogP contribution in [-0.2, 0) is 6.54 Å². The lowest BCUT2D eigenvalue weighted by molar-refractivity contribution is -0.274. The molecule has 1 unspecified atom stereocenters. The molecule has 1 atom stereocenters. The smallest absolute Gasteiger partial charge is 0.494 e. The number of anilines is 1. The molecule has 1 N–H and O–H groups in total. The Kier molecular flexibility index (Phi) is 5.20. The van der Waals surface area contributed by atoms with Gasteiger partial charge in [0, 0.05) is 48.3 Å². The Balaban J connectivity index is 1.38. The molecule has 0 aliphatic carbocycles. The van der Waals surface area contributed by atoms with Gasteiger partial charge >= 0.3 is 6.36 Å². The van der Waals surface area contributed by atoms with E-state index in [2.05, 4.69) is 26.7 Å². The number of halogens is 3. The minimum atomic E-state index is -4.71. The third-order valence-corrected chi connectivity index (χ3v) is 6.60. The SMILES string of the molecule is Cc1cc(N2CCN3CCCC3C2)cc2cn(Cc3ccc(OC(F)(F)F)cc3)c(O)c12. The highest BCUT2D eigenvalue weighted by molar-refractivity contribution is 5.93. The second kappa shape index (κ2) is 7.92. The van der Waals surface area contributed by atoms with Crippen molar-refractivity contribution in [2.75, 3.05) is 31.1 Å². The summed E-state index contributed by atoms with van der Waals surface area (Å²) in [5, 5.41) is 12.6. The Labute approximate surface area is 184 Å². The van der Waals surface area contributed by atoms with Crippen LogP contribution in [0.1, 0.15) is 24.0 Å². The van der Waals surface area contributed by atoms with Crippen molar-refractivity contribution in [3.8, 4) is 11.6 Å². The molecular formula is C24H26F3N3O2. The topological polar surface area (TPSA) is 40.9 Å². The van der Waals surface area contributed by atoms with Crippen LogP contribution in [0, 0.1) is 6.92 Å². The third-order valence-electron chi connectivity index (χ3n) is 6.60. The maximum Gasteiger partial charge on any atom is 0.573 e. The van der Waals surface area contributed by atoms with Crippen LogP contribution in [0.5, 0.6) is 11.6 Å². The summed E-state index contributed by atoms with van der Waals surface area (Å²) in [6, 6.07) is 10.6. The van der Waals surface area contributed by atoms with Crippen molar-refractivity contribution in [2.45, 2.75) is 38.7 Å². The summed E-state index contributed by atoms with van der Waals surface area (Å²) >= 11 is 0. The molecule has 2 saturated heterocycles. The first-order chi connectivity index (χ1) is 15.3. The highest BCUT2D eigenvalue weighted by Crippen LogP contribution is 2.36. The number of piperazine rings is 1. The van der Waals surface area contributed by atoms with Crippen molar-refractivity contribution in [1.82, 2.24) is 9.47 Å². The van der Waals surface area contributed by atoms with Gasteiger partial charge in [-0.1, -0.05) is 12.1 Å². The number of ether oxygens (including phenoxy) is 1. The van der Waals surface area contributed by atoms with Crippen LogP contribution in [0.3, 0.4) is 0 Å². The number of nitrogens with zero attached hydrogens (tertiary/aromatic N) is 3. The second-order valence-electron chi connectivity index (χ2n) is 8.78. The molecule has 5 rings (SSSR count). The summed E-state index contributed by atoms with van der Waals surface area (Å²) in [5.74, 6) is -0.0914. The number of hydrogen-bond acceptors (Lipinski definition) is 4. The molecule has 0 amide bonds. The van der Waals surface area contributed by atoms with E-state index in [0.717, 1.165) is 41.5 Å². The second-order valence-corrected chi connectivity index (χ2v) is 8.78. The van der Waals surface area contributed by atoms with Gasteiger partial charge in [0.2, 0.25) is 0 Å². The van der Waals surface area contributed by atoms with E-state index in [1.165, 1.54) is 37.2 Å². The first-order valence-corrected chi connectivity index (χ1v) is 10.9. The average Bonchev–Trinajstić information content (AvgIpc) is 3.32. The van der Waals surface area contributed by atoms with Crippen molar-refractivity contribution in [3.05, 3.63) is 53.7 Å². The summed E-state index contributed by atoms with van der Waals surface area (Å²) in [7, 11) is 0. The van der Waals surface area contributed by atoms with Crippen molar-refractivity contribution >= 4 is 16.5 Å². The molecule has 32 heavy (non-hydrogen) atoms. The zero-order chi connectivity index (χ0) is 22.5. The fourth-order valence-electron chi connectivity index (χ4n) is 5.10. The molecule has 2 aliphatic heterocycles. The minimum Gasteiger partial charge on any atom is -0.494 e. The van der Waals surface area contributed by atoms with Gasteiger partial charge in [0.05, 0.1) is 6.54 Å². The molecular weight excluding hydrogens is 419 g/mol. The fourth-order valence-corrected chi connectivity index (χ4v) is 5.10. The van der Waals surface area contributed by atoms with E-state index < -0.39 is 6.36 Å². The summed E-state index contributed by atoms with van der Waals surface area (Å²) in [6.45, 7) is 6.68. The van der Waals surface area contributed by atoms with Gasteiger partial charge in [-0.05, 0) is 61.7 Å². The maximum atomic E-state index is 12.4. The molecule has 0 spiro atoms. The number of hydrogen-bond donors (Lipinski definition) is 1. The zero-order valence-corrected chi connectivity index (χ0v) is 17.9. The van der Waals surface area contributed by atoms with E-state index in [9.17, 15) is 18.3 Å². The van der Waals surface area contributed by atoms with E-state index in [4.69, 9.17) is 0 Å². The first kappa shape index (κ1) is 21.0. The van der Waals surface area contributed by atoms with Crippen molar-refractivity contribution < 1.29 is 23.0 Å². The quantitative estimate of drug-likeness (QED) is 0.621. The van der Waals surface area contributed by atoms with Crippen LogP contribution in [0.4, 0.5) is 18.9 Å². The van der Waals surface area contributed by atoms with E-state index >= 15 is 0 Å². The fraction of sp³-hybridized carbons (Fsp3) is 0.417. The molecule has 0 bridgehead atoms. The van der Waals surface area contributed by atoms with Crippen molar-refractivity contribution in [1.29, 1.82) is 0 Å². The van der Waals surface area contributed by atoms with E-state index in [0.29, 0.717) is 12.6 Å². The predicted octanol–water partition coefficient (Wildman–Crippen LogP) is 4.89. The van der Waals surface area contributed by atoms with Gasteiger partial charge in [-0.25, -0.2) is 0 Å². The van der Waals surface area contributed by atoms with Crippen LogP contribution in [-0.4, -0.2) is 53.2 Å². The van der Waals surface area contributed by atoms with Crippen molar-refractivity contribution in [3.63, 3.8) is 0 Å². The monoisotopic (exact) mass is 445 g/mol. The number of fused-ring (bicyclic) bond motifs is 2. The van der Waals surface area contributed by atoms with Gasteiger partial charge in [-0.15, -0.1) is 13.2 Å². The normalized spacial score (nSPS) is 19.5. The van der Waals surface area contributed by atoms with Gasteiger partial charge in [-0.3, -0.25) is 4.90 Å². The van der Waals surface area contributed by atoms with Crippen LogP contribution in [0.25, 0.3) is 10.8 Å². The molecule has 8 heteroatoms. The summed E-state index contributed by atoms with van der Waals surface area (Å²) in [5.41, 5.74) is 2.95. The number of benzene rings is 2. The molecule has 5 nitrogen and oxygen atoms in total. The van der Waals surface area contributed by atoms with Gasteiger partial charge in [0.1, 0.15) is 5.75 Å². The number of alkyl halides is 3. The lowest BCUT2D eigenvalue weighted by Crippen LogP contribution is -2.50. The summed E-state index contributed by atoms with van der Waals surface area (Å²) < 4.78 is 42.7. The largest absolute Gasteiger partial charge is 0.573 e. The number of aromatic nitrogens is 1. The van der Waals surface area contributed by atoms with Crippen LogP contribution < -0.4 is 9.64 Å². The first-order valence-electron chi connectivity index (χ1n) is 10.9. The van der Waals surface area contributed by atoms with Crippen LogP contribution >= 0.6 is 0 Å². The predicted molar refractivity (Wildman–Crippen MR) is 117 cm³/mol. The van der Waals surface area contributed by atoms with E-state index in [1.54, 1.807) is 16.7 Å². The molecule has 3 heterocycles. The lowest BCUT2D eigenvalue weighted by Gasteiger charge is -2.39. The maximum absolute atomic E-state index is 12.4. The molecule has 1 aromatic heterocycles. The van der Waals surface area contributed by atoms with Gasteiger partial charge in [0.25, 0.3) is 0 Å². The van der Waals surface area contributed by atoms with E-state index in [-0.39, 0.29) is 11.6 Å².